The number of hydrogen-bond donors (Lipinski definition) is 1. The van der Waals surface area contributed by atoms with Gasteiger partial charge in [0, 0.05) is 35.8 Å². The molecule has 1 aliphatic heterocycles. The van der Waals surface area contributed by atoms with E-state index < -0.39 is 9.84 Å². The molecule has 10 nitrogen and oxygen atoms in total. The van der Waals surface area contributed by atoms with Gasteiger partial charge < -0.3 is 10.1 Å². The monoisotopic (exact) mass is 493 g/mol. The molecule has 1 N–H and O–H groups in total. The van der Waals surface area contributed by atoms with Crippen LogP contribution in [-0.4, -0.2) is 60.8 Å². The number of ether oxygens (including phenoxy) is 1. The molecule has 0 saturated heterocycles. The van der Waals surface area contributed by atoms with E-state index in [1.165, 1.54) is 36.8 Å². The summed E-state index contributed by atoms with van der Waals surface area (Å²) >= 11 is 0. The van der Waals surface area contributed by atoms with E-state index in [1.807, 2.05) is 0 Å². The zero-order valence-electron chi connectivity index (χ0n) is 19.1. The predicted octanol–water partition coefficient (Wildman–Crippen LogP) is 2.78. The molecule has 0 aliphatic carbocycles. The highest BCUT2D eigenvalue weighted by molar-refractivity contribution is 7.90. The van der Waals surface area contributed by atoms with Crippen molar-refractivity contribution in [1.29, 1.82) is 0 Å². The van der Waals surface area contributed by atoms with Crippen LogP contribution in [0.4, 0.5) is 5.69 Å². The van der Waals surface area contributed by atoms with E-state index in [1.54, 1.807) is 36.4 Å². The van der Waals surface area contributed by atoms with Gasteiger partial charge in [0.1, 0.15) is 22.7 Å². The number of rotatable bonds is 6. The molecule has 0 unspecified atom stereocenters. The summed E-state index contributed by atoms with van der Waals surface area (Å²) in [6, 6.07) is 12.8. The van der Waals surface area contributed by atoms with Crippen LogP contribution < -0.4 is 10.1 Å². The average molecular weight is 494 g/mol. The lowest BCUT2D eigenvalue weighted by atomic mass is 10.0. The van der Waals surface area contributed by atoms with E-state index in [0.717, 1.165) is 6.26 Å². The summed E-state index contributed by atoms with van der Waals surface area (Å²) < 4.78 is 29.2. The van der Waals surface area contributed by atoms with Gasteiger partial charge in [0.15, 0.2) is 9.84 Å². The second-order valence-corrected chi connectivity index (χ2v) is 9.83. The molecule has 0 radical (unpaired) electrons. The summed E-state index contributed by atoms with van der Waals surface area (Å²) in [4.78, 5) is 33.1. The van der Waals surface area contributed by atoms with Crippen molar-refractivity contribution in [3.05, 3.63) is 77.9 Å². The Hall–Kier alpha value is -4.12. The molecule has 3 aromatic rings. The Kier molecular flexibility index (Phi) is 6.87. The number of nitrogens with zero attached hydrogens (tertiary/aromatic N) is 4. The van der Waals surface area contributed by atoms with Crippen LogP contribution in [0.15, 0.2) is 71.1 Å². The number of carbonyl (C=O) groups excluding carboxylic acids is 2. The van der Waals surface area contributed by atoms with Gasteiger partial charge in [-0.15, -0.1) is 0 Å². The number of nitrogens with one attached hydrogen (secondary N) is 1. The third-order valence-corrected chi connectivity index (χ3v) is 6.50. The van der Waals surface area contributed by atoms with Crippen LogP contribution in [0.1, 0.15) is 39.3 Å². The maximum atomic E-state index is 13.1. The Morgan fingerprint density at radius 3 is 2.51 bits per heavy atom. The zero-order valence-corrected chi connectivity index (χ0v) is 19.9. The first-order valence-electron chi connectivity index (χ1n) is 10.7. The number of sulfone groups is 1. The number of aromatic nitrogens is 2. The first-order chi connectivity index (χ1) is 16.8. The van der Waals surface area contributed by atoms with E-state index in [-0.39, 0.29) is 28.2 Å². The maximum absolute atomic E-state index is 13.1. The van der Waals surface area contributed by atoms with Crippen LogP contribution in [0.2, 0.25) is 0 Å². The standard InChI is InChI=1S/C24H23N5O5S/c1-34-21-14-17(7-10-22(21)35(2,32)33)19-4-3-13-29(28-19)24(31)16-5-8-18(9-6-16)27-23(30)20-11-12-25-15-26-20/h5-12,14-15H,3-4,13H2,1-2H3,(H,27,30). The highest BCUT2D eigenvalue weighted by Gasteiger charge is 2.22. The van der Waals surface area contributed by atoms with Crippen LogP contribution in [0.25, 0.3) is 0 Å². The van der Waals surface area contributed by atoms with Crippen LogP contribution in [-0.2, 0) is 9.84 Å². The smallest absolute Gasteiger partial charge is 0.274 e. The second-order valence-electron chi connectivity index (χ2n) is 7.84. The molecule has 1 aliphatic rings. The van der Waals surface area contributed by atoms with Gasteiger partial charge >= 0.3 is 0 Å². The van der Waals surface area contributed by atoms with Crippen LogP contribution in [0.5, 0.6) is 5.75 Å². The van der Waals surface area contributed by atoms with Gasteiger partial charge in [-0.1, -0.05) is 6.07 Å². The lowest BCUT2D eigenvalue weighted by molar-refractivity contribution is 0.0751. The molecule has 2 amide bonds. The molecule has 0 fully saturated rings. The molecule has 0 bridgehead atoms. The van der Waals surface area contributed by atoms with Gasteiger partial charge in [0.05, 0.1) is 12.8 Å². The van der Waals surface area contributed by atoms with E-state index in [0.29, 0.717) is 41.9 Å². The minimum atomic E-state index is -3.44. The molecule has 180 valence electrons. The van der Waals surface area contributed by atoms with Crippen molar-refractivity contribution in [2.75, 3.05) is 25.2 Å². The molecule has 35 heavy (non-hydrogen) atoms. The Bertz CT molecular complexity index is 1390. The fourth-order valence-corrected chi connectivity index (χ4v) is 4.43. The Morgan fingerprint density at radius 1 is 1.09 bits per heavy atom. The Labute approximate surface area is 202 Å². The van der Waals surface area contributed by atoms with Gasteiger partial charge in [-0.05, 0) is 55.3 Å². The predicted molar refractivity (Wildman–Crippen MR) is 129 cm³/mol. The van der Waals surface area contributed by atoms with Crippen molar-refractivity contribution in [3.63, 3.8) is 0 Å². The highest BCUT2D eigenvalue weighted by Crippen LogP contribution is 2.27. The number of amides is 2. The fraction of sp³-hybridized carbons (Fsp3) is 0.208. The topological polar surface area (TPSA) is 131 Å². The third-order valence-electron chi connectivity index (χ3n) is 5.36. The van der Waals surface area contributed by atoms with E-state index >= 15 is 0 Å². The average Bonchev–Trinajstić information content (AvgIpc) is 2.88. The SMILES string of the molecule is COc1cc(C2=NN(C(=O)c3ccc(NC(=O)c4ccncn4)cc3)CCC2)ccc1S(C)(=O)=O. The summed E-state index contributed by atoms with van der Waals surface area (Å²) in [5, 5.41) is 8.63. The fourth-order valence-electron chi connectivity index (χ4n) is 3.61. The van der Waals surface area contributed by atoms with E-state index in [4.69, 9.17) is 4.74 Å². The van der Waals surface area contributed by atoms with Crippen molar-refractivity contribution >= 4 is 33.1 Å². The van der Waals surface area contributed by atoms with Gasteiger partial charge in [0.25, 0.3) is 11.8 Å². The Morgan fingerprint density at radius 2 is 1.86 bits per heavy atom. The molecule has 4 rings (SSSR count). The number of anilines is 1. The van der Waals surface area contributed by atoms with Gasteiger partial charge in [-0.25, -0.2) is 23.4 Å². The van der Waals surface area contributed by atoms with Crippen LogP contribution >= 0.6 is 0 Å². The molecule has 11 heteroatoms. The summed E-state index contributed by atoms with van der Waals surface area (Å²) in [6.45, 7) is 0.451. The number of benzene rings is 2. The van der Waals surface area contributed by atoms with Crippen LogP contribution in [0, 0.1) is 0 Å². The summed E-state index contributed by atoms with van der Waals surface area (Å²) in [7, 11) is -2.03. The lowest BCUT2D eigenvalue weighted by Crippen LogP contribution is -2.32. The molecule has 2 aromatic carbocycles. The molecular weight excluding hydrogens is 470 g/mol. The maximum Gasteiger partial charge on any atom is 0.274 e. The van der Waals surface area contributed by atoms with Crippen molar-refractivity contribution in [1.82, 2.24) is 15.0 Å². The van der Waals surface area contributed by atoms with Gasteiger partial charge in [-0.3, -0.25) is 9.59 Å². The summed E-state index contributed by atoms with van der Waals surface area (Å²) in [6.07, 6.45) is 5.23. The summed E-state index contributed by atoms with van der Waals surface area (Å²) in [5.41, 5.74) is 2.52. The van der Waals surface area contributed by atoms with E-state index in [2.05, 4.69) is 20.4 Å². The molecule has 0 spiro atoms. The van der Waals surface area contributed by atoms with Gasteiger partial charge in [-0.2, -0.15) is 5.10 Å². The molecule has 1 aromatic heterocycles. The van der Waals surface area contributed by atoms with Crippen molar-refractivity contribution < 1.29 is 22.7 Å². The zero-order chi connectivity index (χ0) is 25.0. The minimum Gasteiger partial charge on any atom is -0.495 e. The number of carbonyl (C=O) groups is 2. The first-order valence-corrected chi connectivity index (χ1v) is 12.6. The van der Waals surface area contributed by atoms with Crippen LogP contribution in [0.3, 0.4) is 0 Å². The van der Waals surface area contributed by atoms with Crippen molar-refractivity contribution in [2.45, 2.75) is 17.7 Å². The van der Waals surface area contributed by atoms with Gasteiger partial charge in [0.2, 0.25) is 0 Å². The number of methoxy groups -OCH3 is 1. The number of hydrazone groups is 1. The quantitative estimate of drug-likeness (QED) is 0.559. The normalized spacial score (nSPS) is 13.7. The first kappa shape index (κ1) is 24.0. The lowest BCUT2D eigenvalue weighted by Gasteiger charge is -2.24. The molecule has 2 heterocycles. The molecule has 0 atom stereocenters. The largest absolute Gasteiger partial charge is 0.495 e. The van der Waals surface area contributed by atoms with Crippen molar-refractivity contribution in [3.8, 4) is 5.75 Å². The highest BCUT2D eigenvalue weighted by atomic mass is 32.2. The second kappa shape index (κ2) is 10.0. The van der Waals surface area contributed by atoms with E-state index in [9.17, 15) is 18.0 Å². The number of hydrogen-bond acceptors (Lipinski definition) is 8. The van der Waals surface area contributed by atoms with Crippen molar-refractivity contribution in [2.24, 2.45) is 5.10 Å². The third kappa shape index (κ3) is 5.52. The molecular formula is C24H23N5O5S. The molecule has 0 saturated carbocycles. The minimum absolute atomic E-state index is 0.0972. The summed E-state index contributed by atoms with van der Waals surface area (Å²) in [5.74, 6) is -0.430. The Balaban J connectivity index is 1.50.